The average molecular weight is 246 g/mol. The predicted octanol–water partition coefficient (Wildman–Crippen LogP) is 1.84. The molecule has 0 atom stereocenters. The number of nitrogens with one attached hydrogen (secondary N) is 1. The van der Waals surface area contributed by atoms with Gasteiger partial charge in [0, 0.05) is 19.5 Å². The molecule has 1 saturated carbocycles. The summed E-state index contributed by atoms with van der Waals surface area (Å²) in [6.07, 6.45) is 4.97. The Balaban J connectivity index is 1.54. The highest BCUT2D eigenvalue weighted by atomic mass is 16.5. The minimum Gasteiger partial charge on any atom is -0.493 e. The number of rotatable bonds is 5. The predicted molar refractivity (Wildman–Crippen MR) is 72.7 cm³/mol. The number of nitrogens with two attached hydrogens (primary N) is 1. The first-order valence-corrected chi connectivity index (χ1v) is 6.97. The fourth-order valence-corrected chi connectivity index (χ4v) is 2.95. The van der Waals surface area contributed by atoms with E-state index in [1.165, 1.54) is 30.4 Å². The van der Waals surface area contributed by atoms with Gasteiger partial charge in [-0.1, -0.05) is 18.6 Å². The van der Waals surface area contributed by atoms with Crippen molar-refractivity contribution < 1.29 is 4.74 Å². The third-order valence-electron chi connectivity index (χ3n) is 4.43. The molecule has 0 bridgehead atoms. The highest BCUT2D eigenvalue weighted by Crippen LogP contribution is 2.39. The molecule has 0 unspecified atom stereocenters. The van der Waals surface area contributed by atoms with Crippen LogP contribution in [-0.2, 0) is 13.0 Å². The van der Waals surface area contributed by atoms with Crippen LogP contribution in [0.2, 0.25) is 0 Å². The average Bonchev–Trinajstić information content (AvgIpc) is 2.80. The molecule has 1 aliphatic carbocycles. The summed E-state index contributed by atoms with van der Waals surface area (Å²) in [4.78, 5) is 0. The molecular weight excluding hydrogens is 224 g/mol. The number of benzene rings is 1. The topological polar surface area (TPSA) is 47.3 Å². The Morgan fingerprint density at radius 3 is 2.94 bits per heavy atom. The highest BCUT2D eigenvalue weighted by Gasteiger charge is 2.34. The van der Waals surface area contributed by atoms with Crippen LogP contribution in [0.4, 0.5) is 0 Å². The lowest BCUT2D eigenvalue weighted by Gasteiger charge is -2.41. The van der Waals surface area contributed by atoms with E-state index in [1.54, 1.807) is 0 Å². The van der Waals surface area contributed by atoms with Gasteiger partial charge < -0.3 is 15.8 Å². The van der Waals surface area contributed by atoms with Crippen molar-refractivity contribution in [3.05, 3.63) is 29.3 Å². The van der Waals surface area contributed by atoms with Gasteiger partial charge >= 0.3 is 0 Å². The van der Waals surface area contributed by atoms with E-state index in [0.29, 0.717) is 5.41 Å². The lowest BCUT2D eigenvalue weighted by atomic mass is 9.69. The summed E-state index contributed by atoms with van der Waals surface area (Å²) >= 11 is 0. The van der Waals surface area contributed by atoms with Gasteiger partial charge in [0.1, 0.15) is 5.75 Å². The molecule has 1 aliphatic heterocycles. The van der Waals surface area contributed by atoms with Crippen molar-refractivity contribution in [3.63, 3.8) is 0 Å². The van der Waals surface area contributed by atoms with Crippen molar-refractivity contribution in [2.45, 2.75) is 32.2 Å². The van der Waals surface area contributed by atoms with E-state index in [9.17, 15) is 0 Å². The minimum absolute atomic E-state index is 0.389. The van der Waals surface area contributed by atoms with E-state index in [4.69, 9.17) is 10.5 Å². The Morgan fingerprint density at radius 1 is 1.33 bits per heavy atom. The Bertz CT molecular complexity index is 421. The van der Waals surface area contributed by atoms with Gasteiger partial charge in [0.2, 0.25) is 0 Å². The van der Waals surface area contributed by atoms with E-state index < -0.39 is 0 Å². The summed E-state index contributed by atoms with van der Waals surface area (Å²) in [5, 5.41) is 3.57. The lowest BCUT2D eigenvalue weighted by Crippen LogP contribution is -2.45. The van der Waals surface area contributed by atoms with Crippen LogP contribution in [0.1, 0.15) is 30.4 Å². The van der Waals surface area contributed by atoms with Crippen molar-refractivity contribution >= 4 is 0 Å². The number of hydrogen-bond donors (Lipinski definition) is 2. The van der Waals surface area contributed by atoms with Gasteiger partial charge in [-0.15, -0.1) is 0 Å². The molecule has 0 saturated heterocycles. The largest absolute Gasteiger partial charge is 0.493 e. The Kier molecular flexibility index (Phi) is 3.27. The van der Waals surface area contributed by atoms with Gasteiger partial charge in [0.25, 0.3) is 0 Å². The minimum atomic E-state index is 0.389. The fourth-order valence-electron chi connectivity index (χ4n) is 2.95. The summed E-state index contributed by atoms with van der Waals surface area (Å²) in [7, 11) is 0. The molecule has 3 N–H and O–H groups in total. The van der Waals surface area contributed by atoms with Crippen LogP contribution in [0.5, 0.6) is 5.75 Å². The molecule has 0 aromatic heterocycles. The Labute approximate surface area is 109 Å². The first kappa shape index (κ1) is 12.0. The zero-order chi connectivity index (χ0) is 12.4. The van der Waals surface area contributed by atoms with Crippen LogP contribution in [0.15, 0.2) is 18.2 Å². The monoisotopic (exact) mass is 246 g/mol. The quantitative estimate of drug-likeness (QED) is 0.833. The first-order chi connectivity index (χ1) is 8.81. The van der Waals surface area contributed by atoms with Gasteiger partial charge in [0.15, 0.2) is 0 Å². The van der Waals surface area contributed by atoms with Crippen molar-refractivity contribution in [1.82, 2.24) is 5.32 Å². The van der Waals surface area contributed by atoms with Gasteiger partial charge in [-0.3, -0.25) is 0 Å². The zero-order valence-corrected chi connectivity index (χ0v) is 10.9. The molecule has 3 nitrogen and oxygen atoms in total. The highest BCUT2D eigenvalue weighted by molar-refractivity contribution is 5.39. The first-order valence-electron chi connectivity index (χ1n) is 6.97. The Morgan fingerprint density at radius 2 is 2.22 bits per heavy atom. The van der Waals surface area contributed by atoms with E-state index >= 15 is 0 Å². The van der Waals surface area contributed by atoms with Gasteiger partial charge in [-0.2, -0.15) is 0 Å². The molecule has 0 amide bonds. The summed E-state index contributed by atoms with van der Waals surface area (Å²) in [5.41, 5.74) is 8.96. The van der Waals surface area contributed by atoms with Crippen LogP contribution in [-0.4, -0.2) is 19.7 Å². The SMILES string of the molecule is NCC1(CNCc2ccc3c(c2)CCO3)CCC1. The summed E-state index contributed by atoms with van der Waals surface area (Å²) < 4.78 is 5.52. The molecule has 1 aromatic rings. The van der Waals surface area contributed by atoms with Crippen LogP contribution in [0.3, 0.4) is 0 Å². The fraction of sp³-hybridized carbons (Fsp3) is 0.600. The van der Waals surface area contributed by atoms with Crippen LogP contribution in [0, 0.1) is 5.41 Å². The molecule has 1 aromatic carbocycles. The van der Waals surface area contributed by atoms with E-state index in [0.717, 1.165) is 38.4 Å². The van der Waals surface area contributed by atoms with E-state index in [2.05, 4.69) is 23.5 Å². The maximum absolute atomic E-state index is 5.87. The maximum atomic E-state index is 5.87. The normalized spacial score (nSPS) is 20.1. The molecule has 98 valence electrons. The maximum Gasteiger partial charge on any atom is 0.122 e. The van der Waals surface area contributed by atoms with Crippen LogP contribution >= 0.6 is 0 Å². The van der Waals surface area contributed by atoms with Crippen LogP contribution < -0.4 is 15.8 Å². The Hall–Kier alpha value is -1.06. The summed E-state index contributed by atoms with van der Waals surface area (Å²) in [6, 6.07) is 6.53. The van der Waals surface area contributed by atoms with Crippen LogP contribution in [0.25, 0.3) is 0 Å². The smallest absolute Gasteiger partial charge is 0.122 e. The lowest BCUT2D eigenvalue weighted by molar-refractivity contribution is 0.141. The summed E-state index contributed by atoms with van der Waals surface area (Å²) in [5.74, 6) is 1.07. The molecule has 3 rings (SSSR count). The second-order valence-electron chi connectivity index (χ2n) is 5.70. The standard InChI is InChI=1S/C15H22N2O/c16-10-15(5-1-6-15)11-17-9-12-2-3-14-13(8-12)4-7-18-14/h2-3,8,17H,1,4-7,9-11,16H2. The summed E-state index contributed by atoms with van der Waals surface area (Å²) in [6.45, 7) is 3.65. The van der Waals surface area contributed by atoms with E-state index in [-0.39, 0.29) is 0 Å². The molecule has 1 heterocycles. The van der Waals surface area contributed by atoms with E-state index in [1.807, 2.05) is 0 Å². The third-order valence-corrected chi connectivity index (χ3v) is 4.43. The molecule has 3 heteroatoms. The molecule has 0 radical (unpaired) electrons. The number of fused-ring (bicyclic) bond motifs is 1. The van der Waals surface area contributed by atoms with Gasteiger partial charge in [0.05, 0.1) is 6.61 Å². The zero-order valence-electron chi connectivity index (χ0n) is 10.9. The second-order valence-corrected chi connectivity index (χ2v) is 5.70. The molecule has 2 aliphatic rings. The van der Waals surface area contributed by atoms with Crippen molar-refractivity contribution in [1.29, 1.82) is 0 Å². The van der Waals surface area contributed by atoms with Gasteiger partial charge in [-0.05, 0) is 42.0 Å². The molecular formula is C15H22N2O. The van der Waals surface area contributed by atoms with Gasteiger partial charge in [-0.25, -0.2) is 0 Å². The molecule has 0 spiro atoms. The van der Waals surface area contributed by atoms with Crippen molar-refractivity contribution in [3.8, 4) is 5.75 Å². The molecule has 1 fully saturated rings. The molecule has 18 heavy (non-hydrogen) atoms. The number of ether oxygens (including phenoxy) is 1. The number of hydrogen-bond acceptors (Lipinski definition) is 3. The van der Waals surface area contributed by atoms with Crippen molar-refractivity contribution in [2.75, 3.05) is 19.7 Å². The second kappa shape index (κ2) is 4.90. The third kappa shape index (κ3) is 2.25. The van der Waals surface area contributed by atoms with Crippen molar-refractivity contribution in [2.24, 2.45) is 11.1 Å².